The van der Waals surface area contributed by atoms with Crippen molar-refractivity contribution in [3.05, 3.63) is 0 Å². The van der Waals surface area contributed by atoms with Crippen LogP contribution in [0.5, 0.6) is 0 Å². The van der Waals surface area contributed by atoms with E-state index in [9.17, 15) is 16.2 Å². The van der Waals surface area contributed by atoms with Gasteiger partial charge in [-0.25, -0.2) is 0 Å². The summed E-state index contributed by atoms with van der Waals surface area (Å²) in [6.07, 6.45) is 0. The predicted molar refractivity (Wildman–Crippen MR) is 50.8 cm³/mol. The van der Waals surface area contributed by atoms with Crippen molar-refractivity contribution in [2.75, 3.05) is 14.1 Å². The van der Waals surface area contributed by atoms with Crippen molar-refractivity contribution in [2.24, 2.45) is 12.1 Å². The zero-order chi connectivity index (χ0) is 11.0. The highest BCUT2D eigenvalue weighted by Crippen LogP contribution is 2.47. The second-order valence-corrected chi connectivity index (χ2v) is 7.88. The third-order valence-electron chi connectivity index (χ3n) is 1.25. The standard InChI is InChI=1S/C2H8F2N5O2PS2/c1-5-12(6-2)7-13(3,10)9-14(4,11)8-12/h5-6H,1-2H3/t13-,14+. The third-order valence-corrected chi connectivity index (χ3v) is 7.47. The molecule has 0 spiro atoms. The van der Waals surface area contributed by atoms with Crippen LogP contribution >= 0.6 is 7.51 Å². The molecule has 0 saturated carbocycles. The van der Waals surface area contributed by atoms with Crippen LogP contribution in [0, 0.1) is 0 Å². The van der Waals surface area contributed by atoms with Gasteiger partial charge in [-0.15, -0.1) is 16.1 Å². The highest BCUT2D eigenvalue weighted by molar-refractivity contribution is 8.04. The van der Waals surface area contributed by atoms with E-state index >= 15 is 0 Å². The van der Waals surface area contributed by atoms with Gasteiger partial charge in [-0.2, -0.15) is 8.42 Å². The van der Waals surface area contributed by atoms with Gasteiger partial charge in [0.2, 0.25) is 7.51 Å². The van der Waals surface area contributed by atoms with E-state index in [0.29, 0.717) is 0 Å². The number of hydrogen-bond acceptors (Lipinski definition) is 5. The molecule has 1 aliphatic heterocycles. The van der Waals surface area contributed by atoms with Gasteiger partial charge in [0.05, 0.1) is 0 Å². The van der Waals surface area contributed by atoms with Crippen molar-refractivity contribution in [1.29, 1.82) is 0 Å². The smallest absolute Gasteiger partial charge is 0.255 e. The summed E-state index contributed by atoms with van der Waals surface area (Å²) in [5, 5.41) is 4.69. The lowest BCUT2D eigenvalue weighted by molar-refractivity contribution is 0.631. The van der Waals surface area contributed by atoms with Crippen LogP contribution in [0.1, 0.15) is 0 Å². The van der Waals surface area contributed by atoms with Gasteiger partial charge in [-0.05, 0) is 14.1 Å². The molecule has 0 unspecified atom stereocenters. The van der Waals surface area contributed by atoms with Crippen LogP contribution in [0.3, 0.4) is 0 Å². The number of nitrogens with one attached hydrogen (secondary N) is 2. The summed E-state index contributed by atoms with van der Waals surface area (Å²) in [6.45, 7) is 0. The summed E-state index contributed by atoms with van der Waals surface area (Å²) >= 11 is 0. The third kappa shape index (κ3) is 2.48. The normalized spacial score (nSPS) is 40.6. The largest absolute Gasteiger partial charge is 0.330 e. The fraction of sp³-hybridized carbons (Fsp3) is 1.00. The Morgan fingerprint density at radius 3 is 2.00 bits per heavy atom. The van der Waals surface area contributed by atoms with E-state index in [4.69, 9.17) is 0 Å². The lowest BCUT2D eigenvalue weighted by Crippen LogP contribution is -2.17. The molecule has 12 heteroatoms. The molecule has 0 aromatic rings. The van der Waals surface area contributed by atoms with Crippen LogP contribution in [-0.2, 0) is 20.6 Å². The number of rotatable bonds is 2. The van der Waals surface area contributed by atoms with Crippen molar-refractivity contribution in [3.63, 3.8) is 0 Å². The van der Waals surface area contributed by atoms with E-state index in [1.807, 2.05) is 0 Å². The molecule has 1 heterocycles. The van der Waals surface area contributed by atoms with E-state index in [0.717, 1.165) is 0 Å². The lowest BCUT2D eigenvalue weighted by atomic mass is 11.6. The zero-order valence-electron chi connectivity index (χ0n) is 7.18. The van der Waals surface area contributed by atoms with Crippen LogP contribution < -0.4 is 10.2 Å². The van der Waals surface area contributed by atoms with Crippen LogP contribution in [0.2, 0.25) is 0 Å². The molecule has 84 valence electrons. The van der Waals surface area contributed by atoms with Gasteiger partial charge in [-0.1, -0.05) is 3.77 Å². The number of hydrogen-bond donors (Lipinski definition) is 2. The van der Waals surface area contributed by atoms with Crippen molar-refractivity contribution < 1.29 is 16.2 Å². The van der Waals surface area contributed by atoms with E-state index < -0.39 is 28.1 Å². The highest BCUT2D eigenvalue weighted by atomic mass is 32.3. The first-order valence-electron chi connectivity index (χ1n) is 3.22. The van der Waals surface area contributed by atoms with Gasteiger partial charge < -0.3 is 0 Å². The van der Waals surface area contributed by atoms with Gasteiger partial charge in [0.15, 0.2) is 0 Å². The van der Waals surface area contributed by atoms with Crippen LogP contribution in [-0.4, -0.2) is 22.5 Å². The Balaban J connectivity index is 3.64. The first-order valence-corrected chi connectivity index (χ1v) is 7.66. The maximum absolute atomic E-state index is 12.9. The molecule has 0 aromatic carbocycles. The Hall–Kier alpha value is -0.0900. The average Bonchev–Trinajstić information content (AvgIpc) is 1.98. The second kappa shape index (κ2) is 3.49. The monoisotopic (exact) mass is 267 g/mol. The predicted octanol–water partition coefficient (Wildman–Crippen LogP) is 0.920. The fourth-order valence-electron chi connectivity index (χ4n) is 0.725. The number of halogens is 2. The van der Waals surface area contributed by atoms with Crippen molar-refractivity contribution in [3.8, 4) is 0 Å². The van der Waals surface area contributed by atoms with Crippen LogP contribution in [0.4, 0.5) is 7.77 Å². The van der Waals surface area contributed by atoms with Gasteiger partial charge >= 0.3 is 20.6 Å². The van der Waals surface area contributed by atoms with E-state index in [-0.39, 0.29) is 0 Å². The summed E-state index contributed by atoms with van der Waals surface area (Å²) in [7, 11) is -9.93. The molecule has 0 saturated heterocycles. The topological polar surface area (TPSA) is 95.3 Å². The SMILES string of the molecule is CNP1(NC)=N[S@](=O)(F)=N[S@](=O)(F)=N1. The molecule has 14 heavy (non-hydrogen) atoms. The summed E-state index contributed by atoms with van der Waals surface area (Å²) < 4.78 is 55.9. The Labute approximate surface area is 81.1 Å². The summed E-state index contributed by atoms with van der Waals surface area (Å²) in [4.78, 5) is 0. The molecule has 0 fully saturated rings. The highest BCUT2D eigenvalue weighted by Gasteiger charge is 2.28. The molecule has 2 N–H and O–H groups in total. The molecular formula is C2H8F2N5O2PS2. The van der Waals surface area contributed by atoms with Gasteiger partial charge in [0, 0.05) is 0 Å². The molecule has 7 nitrogen and oxygen atoms in total. The number of nitrogens with zero attached hydrogens (tertiary/aromatic N) is 3. The fourth-order valence-corrected chi connectivity index (χ4v) is 6.66. The molecule has 0 bridgehead atoms. The van der Waals surface area contributed by atoms with Crippen molar-refractivity contribution in [2.45, 2.75) is 0 Å². The Morgan fingerprint density at radius 1 is 1.14 bits per heavy atom. The molecule has 0 radical (unpaired) electrons. The quantitative estimate of drug-likeness (QED) is 0.574. The Morgan fingerprint density at radius 2 is 1.64 bits per heavy atom. The Kier molecular flexibility index (Phi) is 2.99. The summed E-state index contributed by atoms with van der Waals surface area (Å²) in [5.74, 6) is 0. The second-order valence-electron chi connectivity index (χ2n) is 2.15. The molecular weight excluding hydrogens is 259 g/mol. The first kappa shape index (κ1) is 12.0. The maximum atomic E-state index is 12.9. The molecule has 1 rings (SSSR count). The van der Waals surface area contributed by atoms with Crippen LogP contribution in [0.25, 0.3) is 0 Å². The van der Waals surface area contributed by atoms with Crippen LogP contribution in [0.15, 0.2) is 12.1 Å². The van der Waals surface area contributed by atoms with E-state index in [1.165, 1.54) is 14.1 Å². The van der Waals surface area contributed by atoms with Gasteiger partial charge in [-0.3, -0.25) is 10.2 Å². The Bertz CT molecular complexity index is 504. The lowest BCUT2D eigenvalue weighted by Gasteiger charge is -2.18. The molecule has 2 atom stereocenters. The van der Waals surface area contributed by atoms with Gasteiger partial charge in [0.25, 0.3) is 0 Å². The minimum atomic E-state index is -4.64. The minimum Gasteiger partial charge on any atom is -0.255 e. The molecule has 0 aromatic heterocycles. The van der Waals surface area contributed by atoms with Crippen molar-refractivity contribution in [1.82, 2.24) is 10.2 Å². The molecule has 1 aliphatic rings. The average molecular weight is 267 g/mol. The molecule has 0 amide bonds. The minimum absolute atomic E-state index is 1.30. The molecule has 0 aliphatic carbocycles. The zero-order valence-corrected chi connectivity index (χ0v) is 9.71. The van der Waals surface area contributed by atoms with Gasteiger partial charge in [0.1, 0.15) is 0 Å². The van der Waals surface area contributed by atoms with E-state index in [2.05, 4.69) is 22.2 Å². The van der Waals surface area contributed by atoms with Crippen molar-refractivity contribution >= 4 is 28.1 Å². The summed E-state index contributed by atoms with van der Waals surface area (Å²) in [5.41, 5.74) is 0. The summed E-state index contributed by atoms with van der Waals surface area (Å²) in [6, 6.07) is 0. The maximum Gasteiger partial charge on any atom is 0.330 e. The first-order chi connectivity index (χ1) is 6.24. The van der Waals surface area contributed by atoms with E-state index in [1.54, 1.807) is 0 Å².